The maximum atomic E-state index is 12.4. The fourth-order valence-electron chi connectivity index (χ4n) is 2.32. The van der Waals surface area contributed by atoms with E-state index in [9.17, 15) is 4.79 Å². The lowest BCUT2D eigenvalue weighted by Crippen LogP contribution is -2.40. The smallest absolute Gasteiger partial charge is 0.244 e. The zero-order valence-corrected chi connectivity index (χ0v) is 15.9. The Labute approximate surface area is 159 Å². The number of likely N-dealkylation sites (N-methyl/N-ethyl adjacent to an activating group) is 1. The van der Waals surface area contributed by atoms with E-state index >= 15 is 0 Å². The molecule has 0 saturated carbocycles. The highest BCUT2D eigenvalue weighted by molar-refractivity contribution is 7.80. The zero-order chi connectivity index (χ0) is 18.9. The van der Waals surface area contributed by atoms with Crippen molar-refractivity contribution in [3.63, 3.8) is 0 Å². The Morgan fingerprint density at radius 2 is 1.73 bits per heavy atom. The molecule has 2 rings (SSSR count). The van der Waals surface area contributed by atoms with E-state index < -0.39 is 0 Å². The van der Waals surface area contributed by atoms with Crippen molar-refractivity contribution in [2.24, 2.45) is 0 Å². The predicted octanol–water partition coefficient (Wildman–Crippen LogP) is 3.36. The number of carbonyl (C=O) groups excluding carboxylic acids is 1. The van der Waals surface area contributed by atoms with Crippen LogP contribution in [-0.2, 0) is 4.79 Å². The summed E-state index contributed by atoms with van der Waals surface area (Å²) in [6, 6.07) is 14.7. The Balaban J connectivity index is 1.96. The van der Waals surface area contributed by atoms with Crippen LogP contribution in [0.15, 0.2) is 48.5 Å². The lowest BCUT2D eigenvalue weighted by atomic mass is 10.3. The SMILES string of the molecule is CCN(CC(=O)Nc1ccccc1OC)C(=S)Nc1ccc(OC)cc1. The largest absolute Gasteiger partial charge is 0.497 e. The van der Waals surface area contributed by atoms with Crippen molar-refractivity contribution in [3.05, 3.63) is 48.5 Å². The second-order valence-electron chi connectivity index (χ2n) is 5.42. The number of hydrogen-bond donors (Lipinski definition) is 2. The number of nitrogens with zero attached hydrogens (tertiary/aromatic N) is 1. The molecule has 0 bridgehead atoms. The summed E-state index contributed by atoms with van der Waals surface area (Å²) in [6.45, 7) is 2.68. The summed E-state index contributed by atoms with van der Waals surface area (Å²) >= 11 is 5.43. The highest BCUT2D eigenvalue weighted by atomic mass is 32.1. The van der Waals surface area contributed by atoms with Crippen LogP contribution in [0.4, 0.5) is 11.4 Å². The number of amides is 1. The molecule has 7 heteroatoms. The first-order chi connectivity index (χ1) is 12.6. The number of benzene rings is 2. The molecule has 0 heterocycles. The highest BCUT2D eigenvalue weighted by Crippen LogP contribution is 2.23. The lowest BCUT2D eigenvalue weighted by molar-refractivity contribution is -0.116. The number of hydrogen-bond acceptors (Lipinski definition) is 4. The summed E-state index contributed by atoms with van der Waals surface area (Å²) in [5.41, 5.74) is 1.46. The summed E-state index contributed by atoms with van der Waals surface area (Å²) in [5.74, 6) is 1.21. The number of rotatable bonds is 7. The van der Waals surface area contributed by atoms with Gasteiger partial charge in [-0.25, -0.2) is 0 Å². The number of para-hydroxylation sites is 2. The maximum absolute atomic E-state index is 12.4. The normalized spacial score (nSPS) is 9.96. The van der Waals surface area contributed by atoms with Gasteiger partial charge in [0.15, 0.2) is 5.11 Å². The van der Waals surface area contributed by atoms with Crippen molar-refractivity contribution in [1.29, 1.82) is 0 Å². The Morgan fingerprint density at radius 1 is 1.04 bits per heavy atom. The van der Waals surface area contributed by atoms with E-state index in [1.807, 2.05) is 43.3 Å². The molecule has 6 nitrogen and oxygen atoms in total. The predicted molar refractivity (Wildman–Crippen MR) is 108 cm³/mol. The van der Waals surface area contributed by atoms with Crippen molar-refractivity contribution in [3.8, 4) is 11.5 Å². The fourth-order valence-corrected chi connectivity index (χ4v) is 2.63. The van der Waals surface area contributed by atoms with Crippen molar-refractivity contribution in [1.82, 2.24) is 4.90 Å². The van der Waals surface area contributed by atoms with Crippen LogP contribution in [0.1, 0.15) is 6.92 Å². The Hall–Kier alpha value is -2.80. The number of ether oxygens (including phenoxy) is 2. The van der Waals surface area contributed by atoms with Crippen LogP contribution in [0.5, 0.6) is 11.5 Å². The third-order valence-electron chi connectivity index (χ3n) is 3.73. The molecule has 1 amide bonds. The minimum atomic E-state index is -0.171. The van der Waals surface area contributed by atoms with E-state index in [1.165, 1.54) is 0 Å². The fraction of sp³-hybridized carbons (Fsp3) is 0.263. The van der Waals surface area contributed by atoms with Gasteiger partial charge >= 0.3 is 0 Å². The monoisotopic (exact) mass is 373 g/mol. The number of carbonyl (C=O) groups is 1. The second-order valence-corrected chi connectivity index (χ2v) is 5.81. The molecule has 0 aromatic heterocycles. The minimum Gasteiger partial charge on any atom is -0.497 e. The van der Waals surface area contributed by atoms with Crippen molar-refractivity contribution >= 4 is 34.6 Å². The number of methoxy groups -OCH3 is 2. The van der Waals surface area contributed by atoms with Crippen molar-refractivity contribution < 1.29 is 14.3 Å². The van der Waals surface area contributed by atoms with Gasteiger partial charge in [-0.05, 0) is 55.5 Å². The molecule has 0 aliphatic rings. The average molecular weight is 373 g/mol. The molecule has 0 aliphatic heterocycles. The van der Waals surface area contributed by atoms with Gasteiger partial charge in [0.2, 0.25) is 5.91 Å². The van der Waals surface area contributed by atoms with Crippen LogP contribution >= 0.6 is 12.2 Å². The molecular formula is C19H23N3O3S. The molecule has 26 heavy (non-hydrogen) atoms. The van der Waals surface area contributed by atoms with Gasteiger partial charge in [0.05, 0.1) is 26.5 Å². The van der Waals surface area contributed by atoms with E-state index in [-0.39, 0.29) is 12.5 Å². The van der Waals surface area contributed by atoms with Crippen molar-refractivity contribution in [2.75, 3.05) is 37.9 Å². The van der Waals surface area contributed by atoms with Gasteiger partial charge < -0.3 is 25.0 Å². The van der Waals surface area contributed by atoms with E-state index in [1.54, 1.807) is 31.3 Å². The molecule has 0 saturated heterocycles. The van der Waals surface area contributed by atoms with E-state index in [4.69, 9.17) is 21.7 Å². The molecule has 2 aromatic carbocycles. The van der Waals surface area contributed by atoms with Gasteiger partial charge in [-0.15, -0.1) is 0 Å². The van der Waals surface area contributed by atoms with Gasteiger partial charge in [-0.1, -0.05) is 12.1 Å². The van der Waals surface area contributed by atoms with Crippen LogP contribution in [0.3, 0.4) is 0 Å². The lowest BCUT2D eigenvalue weighted by Gasteiger charge is -2.24. The second kappa shape index (κ2) is 9.62. The quantitative estimate of drug-likeness (QED) is 0.726. The van der Waals surface area contributed by atoms with Gasteiger partial charge in [0.1, 0.15) is 11.5 Å². The van der Waals surface area contributed by atoms with Crippen molar-refractivity contribution in [2.45, 2.75) is 6.92 Å². The standard InChI is InChI=1S/C19H23N3O3S/c1-4-22(19(26)20-14-9-11-15(24-2)12-10-14)13-18(23)21-16-7-5-6-8-17(16)25-3/h5-12H,4,13H2,1-3H3,(H,20,26)(H,21,23). The van der Waals surface area contributed by atoms with Crippen LogP contribution in [0.25, 0.3) is 0 Å². The van der Waals surface area contributed by atoms with E-state index in [2.05, 4.69) is 10.6 Å². The van der Waals surface area contributed by atoms with Crippen LogP contribution in [-0.4, -0.2) is 43.2 Å². The third kappa shape index (κ3) is 5.35. The third-order valence-corrected chi connectivity index (χ3v) is 4.09. The first-order valence-corrected chi connectivity index (χ1v) is 8.61. The number of thiocarbonyl (C=S) groups is 1. The van der Waals surface area contributed by atoms with Crippen LogP contribution < -0.4 is 20.1 Å². The summed E-state index contributed by atoms with van der Waals surface area (Å²) in [6.07, 6.45) is 0. The Morgan fingerprint density at radius 3 is 2.35 bits per heavy atom. The zero-order valence-electron chi connectivity index (χ0n) is 15.1. The molecule has 0 spiro atoms. The van der Waals surface area contributed by atoms with E-state index in [0.29, 0.717) is 23.1 Å². The highest BCUT2D eigenvalue weighted by Gasteiger charge is 2.14. The molecule has 2 aromatic rings. The molecule has 138 valence electrons. The average Bonchev–Trinajstić information content (AvgIpc) is 2.67. The summed E-state index contributed by atoms with van der Waals surface area (Å²) in [4.78, 5) is 14.2. The number of nitrogens with one attached hydrogen (secondary N) is 2. The van der Waals surface area contributed by atoms with Crippen LogP contribution in [0.2, 0.25) is 0 Å². The van der Waals surface area contributed by atoms with Crippen LogP contribution in [0, 0.1) is 0 Å². The first-order valence-electron chi connectivity index (χ1n) is 8.20. The molecule has 0 aliphatic carbocycles. The van der Waals surface area contributed by atoms with Gasteiger partial charge in [-0.3, -0.25) is 4.79 Å². The Bertz CT molecular complexity index is 750. The topological polar surface area (TPSA) is 62.8 Å². The molecule has 0 radical (unpaired) electrons. The molecule has 0 atom stereocenters. The molecule has 0 fully saturated rings. The summed E-state index contributed by atoms with van der Waals surface area (Å²) in [5, 5.41) is 6.46. The Kier molecular flexibility index (Phi) is 7.23. The molecular weight excluding hydrogens is 350 g/mol. The maximum Gasteiger partial charge on any atom is 0.244 e. The minimum absolute atomic E-state index is 0.135. The molecule has 2 N–H and O–H groups in total. The molecule has 0 unspecified atom stereocenters. The first kappa shape index (κ1) is 19.5. The van der Waals surface area contributed by atoms with E-state index in [0.717, 1.165) is 11.4 Å². The summed E-state index contributed by atoms with van der Waals surface area (Å²) in [7, 11) is 3.18. The number of anilines is 2. The van der Waals surface area contributed by atoms with Gasteiger partial charge in [0, 0.05) is 12.2 Å². The van der Waals surface area contributed by atoms with Gasteiger partial charge in [0.25, 0.3) is 0 Å². The summed E-state index contributed by atoms with van der Waals surface area (Å²) < 4.78 is 10.4. The van der Waals surface area contributed by atoms with Gasteiger partial charge in [-0.2, -0.15) is 0 Å².